The Balaban J connectivity index is 1.60. The molecule has 3 aromatic rings. The van der Waals surface area contributed by atoms with E-state index >= 15 is 0 Å². The van der Waals surface area contributed by atoms with Gasteiger partial charge in [0, 0.05) is 17.4 Å². The van der Waals surface area contributed by atoms with Crippen LogP contribution in [0.15, 0.2) is 58.1 Å². The summed E-state index contributed by atoms with van der Waals surface area (Å²) in [6, 6.07) is 11.6. The van der Waals surface area contributed by atoms with Crippen molar-refractivity contribution in [3.8, 4) is 0 Å². The maximum absolute atomic E-state index is 13.7. The van der Waals surface area contributed by atoms with Crippen molar-refractivity contribution in [3.05, 3.63) is 69.4 Å². The first-order chi connectivity index (χ1) is 12.0. The van der Waals surface area contributed by atoms with Gasteiger partial charge in [-0.05, 0) is 36.8 Å². The zero-order chi connectivity index (χ0) is 17.8. The number of aromatic nitrogens is 2. The Bertz CT molecular complexity index is 987. The van der Waals surface area contributed by atoms with E-state index in [0.717, 1.165) is 0 Å². The Hall–Kier alpha value is -2.54. The van der Waals surface area contributed by atoms with Crippen LogP contribution >= 0.6 is 15.9 Å². The van der Waals surface area contributed by atoms with Crippen molar-refractivity contribution < 1.29 is 9.18 Å². The van der Waals surface area contributed by atoms with Crippen molar-refractivity contribution in [3.63, 3.8) is 0 Å². The largest absolute Gasteiger partial charge is 0.324 e. The summed E-state index contributed by atoms with van der Waals surface area (Å²) >= 11 is 3.16. The number of fused-ring (bicyclic) bond motifs is 1. The van der Waals surface area contributed by atoms with E-state index in [-0.39, 0.29) is 23.6 Å². The molecule has 0 radical (unpaired) electrons. The van der Waals surface area contributed by atoms with Crippen molar-refractivity contribution >= 4 is 38.4 Å². The van der Waals surface area contributed by atoms with Crippen LogP contribution in [0.3, 0.4) is 0 Å². The van der Waals surface area contributed by atoms with Crippen molar-refractivity contribution in [1.29, 1.82) is 0 Å². The van der Waals surface area contributed by atoms with Gasteiger partial charge in [-0.25, -0.2) is 9.37 Å². The lowest BCUT2D eigenvalue weighted by atomic mass is 10.2. The fourth-order valence-electron chi connectivity index (χ4n) is 2.48. The second-order valence-corrected chi connectivity index (χ2v) is 6.45. The Morgan fingerprint density at radius 1 is 1.24 bits per heavy atom. The molecule has 0 aliphatic heterocycles. The summed E-state index contributed by atoms with van der Waals surface area (Å²) in [4.78, 5) is 28.5. The molecule has 3 rings (SSSR count). The van der Waals surface area contributed by atoms with E-state index in [4.69, 9.17) is 0 Å². The maximum Gasteiger partial charge on any atom is 0.261 e. The molecule has 0 bridgehead atoms. The molecule has 0 saturated carbocycles. The Labute approximate surface area is 151 Å². The van der Waals surface area contributed by atoms with Gasteiger partial charge in [-0.15, -0.1) is 0 Å². The van der Waals surface area contributed by atoms with E-state index in [1.54, 1.807) is 24.3 Å². The van der Waals surface area contributed by atoms with E-state index in [9.17, 15) is 14.0 Å². The summed E-state index contributed by atoms with van der Waals surface area (Å²) < 4.78 is 15.8. The number of carbonyl (C=O) groups excluding carboxylic acids is 1. The lowest BCUT2D eigenvalue weighted by Crippen LogP contribution is -2.21. The molecule has 0 fully saturated rings. The summed E-state index contributed by atoms with van der Waals surface area (Å²) in [6.07, 6.45) is 2.11. The number of nitrogens with zero attached hydrogens (tertiary/aromatic N) is 2. The topological polar surface area (TPSA) is 64.0 Å². The first-order valence-electron chi connectivity index (χ1n) is 7.73. The lowest BCUT2D eigenvalue weighted by molar-refractivity contribution is -0.116. The number of aryl methyl sites for hydroxylation is 1. The van der Waals surface area contributed by atoms with Crippen molar-refractivity contribution in [2.45, 2.75) is 19.4 Å². The van der Waals surface area contributed by atoms with Crippen molar-refractivity contribution in [1.82, 2.24) is 9.55 Å². The molecule has 7 heteroatoms. The maximum atomic E-state index is 13.7. The molecule has 0 spiro atoms. The van der Waals surface area contributed by atoms with Crippen LogP contribution in [0.1, 0.15) is 12.8 Å². The van der Waals surface area contributed by atoms with Gasteiger partial charge in [-0.3, -0.25) is 14.2 Å². The molecule has 1 aromatic heterocycles. The number of para-hydroxylation sites is 1. The smallest absolute Gasteiger partial charge is 0.261 e. The highest BCUT2D eigenvalue weighted by atomic mass is 79.9. The van der Waals surface area contributed by atoms with E-state index in [1.165, 1.54) is 23.0 Å². The number of benzene rings is 2. The molecule has 0 unspecified atom stereocenters. The summed E-state index contributed by atoms with van der Waals surface area (Å²) in [5, 5.41) is 3.08. The number of hydrogen-bond acceptors (Lipinski definition) is 3. The molecule has 0 aliphatic carbocycles. The van der Waals surface area contributed by atoms with Crippen LogP contribution in [0.5, 0.6) is 0 Å². The van der Waals surface area contributed by atoms with Crippen LogP contribution in [-0.4, -0.2) is 15.5 Å². The predicted octanol–water partition coefficient (Wildman–Crippen LogP) is 3.72. The molecule has 0 aliphatic rings. The summed E-state index contributed by atoms with van der Waals surface area (Å²) in [6.45, 7) is 0.368. The van der Waals surface area contributed by atoms with Gasteiger partial charge in [0.1, 0.15) is 5.82 Å². The molecule has 25 heavy (non-hydrogen) atoms. The first-order valence-corrected chi connectivity index (χ1v) is 8.53. The second-order valence-electron chi connectivity index (χ2n) is 5.54. The van der Waals surface area contributed by atoms with E-state index < -0.39 is 5.82 Å². The highest BCUT2D eigenvalue weighted by Crippen LogP contribution is 2.19. The standard InChI is InChI=1S/C18H15BrFN3O2/c19-12-7-8-16(14(20)10-12)22-17(24)6-3-9-23-11-21-15-5-2-1-4-13(15)18(23)25/h1-2,4-5,7-8,10-11H,3,6,9H2,(H,22,24). The van der Waals surface area contributed by atoms with Gasteiger partial charge >= 0.3 is 0 Å². The molecular weight excluding hydrogens is 389 g/mol. The van der Waals surface area contributed by atoms with E-state index in [1.807, 2.05) is 6.07 Å². The highest BCUT2D eigenvalue weighted by molar-refractivity contribution is 9.10. The molecule has 5 nitrogen and oxygen atoms in total. The molecular formula is C18H15BrFN3O2. The number of rotatable bonds is 5. The highest BCUT2D eigenvalue weighted by Gasteiger charge is 2.08. The van der Waals surface area contributed by atoms with Crippen molar-refractivity contribution in [2.75, 3.05) is 5.32 Å². The molecule has 1 heterocycles. The SMILES string of the molecule is O=C(CCCn1cnc2ccccc2c1=O)Nc1ccc(Br)cc1F. The third kappa shape index (κ3) is 4.11. The Morgan fingerprint density at radius 2 is 2.04 bits per heavy atom. The van der Waals surface area contributed by atoms with Crippen LogP contribution in [0.4, 0.5) is 10.1 Å². The van der Waals surface area contributed by atoms with Gasteiger partial charge in [0.2, 0.25) is 5.91 Å². The summed E-state index contributed by atoms with van der Waals surface area (Å²) in [7, 11) is 0. The van der Waals surface area contributed by atoms with Crippen LogP contribution in [0.25, 0.3) is 10.9 Å². The normalized spacial score (nSPS) is 10.8. The van der Waals surface area contributed by atoms with Gasteiger partial charge in [-0.1, -0.05) is 28.1 Å². The Kier molecular flexibility index (Phi) is 5.23. The predicted molar refractivity (Wildman–Crippen MR) is 98.0 cm³/mol. The number of carbonyl (C=O) groups is 1. The Morgan fingerprint density at radius 3 is 2.84 bits per heavy atom. The van der Waals surface area contributed by atoms with Gasteiger partial charge in [0.05, 0.1) is 22.9 Å². The number of hydrogen-bond donors (Lipinski definition) is 1. The first kappa shape index (κ1) is 17.3. The molecule has 1 N–H and O–H groups in total. The second kappa shape index (κ2) is 7.57. The quantitative estimate of drug-likeness (QED) is 0.705. The average Bonchev–Trinajstić information content (AvgIpc) is 2.60. The van der Waals surface area contributed by atoms with Gasteiger partial charge in [-0.2, -0.15) is 0 Å². The number of halogens is 2. The fourth-order valence-corrected chi connectivity index (χ4v) is 2.81. The third-order valence-electron chi connectivity index (χ3n) is 3.74. The molecule has 1 amide bonds. The van der Waals surface area contributed by atoms with Crippen LogP contribution in [0, 0.1) is 5.82 Å². The lowest BCUT2D eigenvalue weighted by Gasteiger charge is -2.08. The summed E-state index contributed by atoms with van der Waals surface area (Å²) in [5.41, 5.74) is 0.648. The van der Waals surface area contributed by atoms with Crippen LogP contribution in [-0.2, 0) is 11.3 Å². The van der Waals surface area contributed by atoms with Crippen molar-refractivity contribution in [2.24, 2.45) is 0 Å². The molecule has 0 saturated heterocycles. The van der Waals surface area contributed by atoms with Gasteiger partial charge < -0.3 is 5.32 Å². The van der Waals surface area contributed by atoms with E-state index in [0.29, 0.717) is 28.3 Å². The molecule has 2 aromatic carbocycles. The minimum absolute atomic E-state index is 0.134. The fraction of sp³-hybridized carbons (Fsp3) is 0.167. The molecule has 0 atom stereocenters. The zero-order valence-corrected chi connectivity index (χ0v) is 14.8. The van der Waals surface area contributed by atoms with Gasteiger partial charge in [0.25, 0.3) is 5.56 Å². The van der Waals surface area contributed by atoms with Crippen LogP contribution < -0.4 is 10.9 Å². The minimum atomic E-state index is -0.502. The zero-order valence-electron chi connectivity index (χ0n) is 13.2. The minimum Gasteiger partial charge on any atom is -0.324 e. The molecule has 128 valence electrons. The number of anilines is 1. The van der Waals surface area contributed by atoms with Gasteiger partial charge in [0.15, 0.2) is 0 Å². The van der Waals surface area contributed by atoms with Crippen LogP contribution in [0.2, 0.25) is 0 Å². The number of amides is 1. The van der Waals surface area contributed by atoms with E-state index in [2.05, 4.69) is 26.2 Å². The monoisotopic (exact) mass is 403 g/mol. The third-order valence-corrected chi connectivity index (χ3v) is 4.23. The number of nitrogens with one attached hydrogen (secondary N) is 1. The average molecular weight is 404 g/mol. The summed E-state index contributed by atoms with van der Waals surface area (Å²) in [5.74, 6) is -0.805.